The number of aryl methyl sites for hydroxylation is 1. The molecule has 132 valence electrons. The largest absolute Gasteiger partial charge is 0.380 e. The van der Waals surface area contributed by atoms with Crippen LogP contribution in [0.4, 0.5) is 11.5 Å². The fraction of sp³-hybridized carbons (Fsp3) is 0.143. The van der Waals surface area contributed by atoms with Gasteiger partial charge in [-0.2, -0.15) is 0 Å². The van der Waals surface area contributed by atoms with Crippen molar-refractivity contribution in [2.24, 2.45) is 0 Å². The van der Waals surface area contributed by atoms with Gasteiger partial charge in [0, 0.05) is 11.6 Å². The molecule has 0 fully saturated rings. The lowest BCUT2D eigenvalue weighted by Gasteiger charge is -2.08. The van der Waals surface area contributed by atoms with Crippen LogP contribution in [0.1, 0.15) is 16.7 Å². The van der Waals surface area contributed by atoms with E-state index in [9.17, 15) is 4.79 Å². The smallest absolute Gasteiger partial charge is 0.229 e. The molecule has 1 amide bonds. The molecule has 4 nitrogen and oxygen atoms in total. The van der Waals surface area contributed by atoms with Gasteiger partial charge in [-0.1, -0.05) is 53.6 Å². The summed E-state index contributed by atoms with van der Waals surface area (Å²) in [7, 11) is 0. The van der Waals surface area contributed by atoms with Crippen molar-refractivity contribution in [1.82, 2.24) is 4.98 Å². The van der Waals surface area contributed by atoms with Crippen molar-refractivity contribution in [3.8, 4) is 0 Å². The van der Waals surface area contributed by atoms with Crippen molar-refractivity contribution >= 4 is 29.0 Å². The summed E-state index contributed by atoms with van der Waals surface area (Å²) >= 11 is 5.88. The Hall–Kier alpha value is -2.85. The zero-order valence-corrected chi connectivity index (χ0v) is 15.3. The van der Waals surface area contributed by atoms with E-state index >= 15 is 0 Å². The normalized spacial score (nSPS) is 10.4. The first-order chi connectivity index (χ1) is 12.6. The van der Waals surface area contributed by atoms with Crippen LogP contribution in [0, 0.1) is 6.92 Å². The molecule has 2 aromatic carbocycles. The van der Waals surface area contributed by atoms with Gasteiger partial charge >= 0.3 is 0 Å². The Labute approximate surface area is 158 Å². The fourth-order valence-corrected chi connectivity index (χ4v) is 2.58. The van der Waals surface area contributed by atoms with E-state index in [1.54, 1.807) is 12.3 Å². The maximum absolute atomic E-state index is 12.1. The maximum atomic E-state index is 12.1. The summed E-state index contributed by atoms with van der Waals surface area (Å²) in [4.78, 5) is 16.4. The van der Waals surface area contributed by atoms with Crippen LogP contribution in [0.25, 0.3) is 0 Å². The van der Waals surface area contributed by atoms with Crippen molar-refractivity contribution < 1.29 is 4.79 Å². The Morgan fingerprint density at radius 1 is 0.962 bits per heavy atom. The molecule has 0 radical (unpaired) electrons. The second-order valence-electron chi connectivity index (χ2n) is 6.12. The molecule has 0 saturated carbocycles. The minimum atomic E-state index is -0.0803. The van der Waals surface area contributed by atoms with Gasteiger partial charge in [-0.15, -0.1) is 0 Å². The molecule has 26 heavy (non-hydrogen) atoms. The number of carbonyl (C=O) groups is 1. The first kappa shape index (κ1) is 18.0. The lowest BCUT2D eigenvalue weighted by Crippen LogP contribution is -2.15. The molecular formula is C21H20ClN3O. The van der Waals surface area contributed by atoms with Gasteiger partial charge < -0.3 is 10.6 Å². The molecule has 2 N–H and O–H groups in total. The van der Waals surface area contributed by atoms with E-state index in [2.05, 4.69) is 15.6 Å². The Balaban J connectivity index is 1.51. The van der Waals surface area contributed by atoms with Crippen molar-refractivity contribution in [2.75, 3.05) is 10.6 Å². The molecule has 0 aliphatic carbocycles. The third kappa shape index (κ3) is 5.33. The predicted octanol–water partition coefficient (Wildman–Crippen LogP) is 4.84. The van der Waals surface area contributed by atoms with E-state index in [1.165, 1.54) is 5.56 Å². The van der Waals surface area contributed by atoms with Gasteiger partial charge in [-0.3, -0.25) is 4.79 Å². The fourth-order valence-electron chi connectivity index (χ4n) is 2.46. The Morgan fingerprint density at radius 3 is 2.31 bits per heavy atom. The predicted molar refractivity (Wildman–Crippen MR) is 107 cm³/mol. The third-order valence-electron chi connectivity index (χ3n) is 3.93. The number of halogens is 1. The number of benzene rings is 2. The molecule has 0 unspecified atom stereocenters. The number of rotatable bonds is 6. The average Bonchev–Trinajstić information content (AvgIpc) is 2.64. The summed E-state index contributed by atoms with van der Waals surface area (Å²) in [6.07, 6.45) is 2.04. The van der Waals surface area contributed by atoms with Gasteiger partial charge in [0.1, 0.15) is 5.82 Å². The lowest BCUT2D eigenvalue weighted by molar-refractivity contribution is -0.115. The molecule has 0 bridgehead atoms. The van der Waals surface area contributed by atoms with Crippen LogP contribution in [-0.2, 0) is 17.8 Å². The van der Waals surface area contributed by atoms with Crippen LogP contribution in [0.15, 0.2) is 66.9 Å². The Morgan fingerprint density at radius 2 is 1.65 bits per heavy atom. The molecule has 0 aliphatic rings. The van der Waals surface area contributed by atoms with Gasteiger partial charge in [0.25, 0.3) is 0 Å². The minimum absolute atomic E-state index is 0.0803. The van der Waals surface area contributed by atoms with E-state index in [-0.39, 0.29) is 5.91 Å². The van der Waals surface area contributed by atoms with Gasteiger partial charge in [0.2, 0.25) is 5.91 Å². The number of anilines is 2. The summed E-state index contributed by atoms with van der Waals surface area (Å²) in [6.45, 7) is 2.70. The summed E-state index contributed by atoms with van der Waals surface area (Å²) in [5.74, 6) is 0.461. The van der Waals surface area contributed by atoms with Gasteiger partial charge in [0.15, 0.2) is 0 Å². The molecule has 0 atom stereocenters. The zero-order chi connectivity index (χ0) is 18.4. The molecule has 0 spiro atoms. The summed E-state index contributed by atoms with van der Waals surface area (Å²) < 4.78 is 0. The quantitative estimate of drug-likeness (QED) is 0.657. The van der Waals surface area contributed by atoms with Crippen molar-refractivity contribution in [3.05, 3.63) is 88.6 Å². The Kier molecular flexibility index (Phi) is 5.87. The monoisotopic (exact) mass is 365 g/mol. The highest BCUT2D eigenvalue weighted by molar-refractivity contribution is 6.30. The number of amides is 1. The molecular weight excluding hydrogens is 346 g/mol. The van der Waals surface area contributed by atoms with E-state index in [0.29, 0.717) is 18.8 Å². The van der Waals surface area contributed by atoms with E-state index < -0.39 is 0 Å². The zero-order valence-electron chi connectivity index (χ0n) is 14.5. The van der Waals surface area contributed by atoms with E-state index in [1.807, 2.05) is 61.5 Å². The van der Waals surface area contributed by atoms with Crippen LogP contribution in [0.3, 0.4) is 0 Å². The molecule has 3 aromatic rings. The van der Waals surface area contributed by atoms with E-state index in [0.717, 1.165) is 21.8 Å². The number of nitrogens with one attached hydrogen (secondary N) is 2. The maximum Gasteiger partial charge on any atom is 0.229 e. The summed E-state index contributed by atoms with van der Waals surface area (Å²) in [5.41, 5.74) is 4.17. The molecule has 0 aliphatic heterocycles. The number of nitrogens with zero attached hydrogens (tertiary/aromatic N) is 1. The highest BCUT2D eigenvalue weighted by atomic mass is 35.5. The molecule has 5 heteroatoms. The minimum Gasteiger partial charge on any atom is -0.380 e. The molecule has 1 aromatic heterocycles. The van der Waals surface area contributed by atoms with Crippen LogP contribution >= 0.6 is 11.6 Å². The summed E-state index contributed by atoms with van der Waals surface area (Å²) in [5, 5.41) is 6.83. The van der Waals surface area contributed by atoms with Crippen LogP contribution in [-0.4, -0.2) is 10.9 Å². The van der Waals surface area contributed by atoms with Crippen LogP contribution < -0.4 is 10.6 Å². The number of carbonyl (C=O) groups excluding carboxylic acids is 1. The lowest BCUT2D eigenvalue weighted by atomic mass is 10.1. The summed E-state index contributed by atoms with van der Waals surface area (Å²) in [6, 6.07) is 19.3. The second kappa shape index (κ2) is 8.50. The van der Waals surface area contributed by atoms with Gasteiger partial charge in [-0.05, 0) is 42.3 Å². The number of hydrogen-bond acceptors (Lipinski definition) is 3. The highest BCUT2D eigenvalue weighted by Gasteiger charge is 2.05. The third-order valence-corrected chi connectivity index (χ3v) is 4.18. The number of aromatic nitrogens is 1. The number of pyridine rings is 1. The van der Waals surface area contributed by atoms with Crippen LogP contribution in [0.5, 0.6) is 0 Å². The van der Waals surface area contributed by atoms with Crippen molar-refractivity contribution in [2.45, 2.75) is 19.9 Å². The second-order valence-corrected chi connectivity index (χ2v) is 6.56. The SMILES string of the molecule is Cc1ccc(CC(=O)Nc2ccc(NCc3ccc(Cl)cc3)cn2)cc1. The van der Waals surface area contributed by atoms with Gasteiger partial charge in [0.05, 0.1) is 18.3 Å². The van der Waals surface area contributed by atoms with Crippen molar-refractivity contribution in [3.63, 3.8) is 0 Å². The highest BCUT2D eigenvalue weighted by Crippen LogP contribution is 2.14. The number of hydrogen-bond donors (Lipinski definition) is 2. The molecule has 3 rings (SSSR count). The first-order valence-corrected chi connectivity index (χ1v) is 8.76. The molecule has 1 heterocycles. The average molecular weight is 366 g/mol. The van der Waals surface area contributed by atoms with Gasteiger partial charge in [-0.25, -0.2) is 4.98 Å². The van der Waals surface area contributed by atoms with Crippen molar-refractivity contribution in [1.29, 1.82) is 0 Å². The van der Waals surface area contributed by atoms with E-state index in [4.69, 9.17) is 11.6 Å². The standard InChI is InChI=1S/C21H20ClN3O/c1-15-2-4-16(5-3-15)12-21(26)25-20-11-10-19(14-24-20)23-13-17-6-8-18(22)9-7-17/h2-11,14,23H,12-13H2,1H3,(H,24,25,26). The van der Waals surface area contributed by atoms with Crippen LogP contribution in [0.2, 0.25) is 5.02 Å². The Bertz CT molecular complexity index is 859. The topological polar surface area (TPSA) is 54.0 Å². The first-order valence-electron chi connectivity index (χ1n) is 8.38. The molecule has 0 saturated heterocycles.